The molecule has 0 N–H and O–H groups in total. The highest BCUT2D eigenvalue weighted by atomic mass is 16.3. The maximum absolute atomic E-state index is 6.25. The molecule has 2 heterocycles. The number of hydrogen-bond acceptors (Lipinski definition) is 2. The third kappa shape index (κ3) is 5.05. The summed E-state index contributed by atoms with van der Waals surface area (Å²) < 4.78 is 8.63. The summed E-state index contributed by atoms with van der Waals surface area (Å²) in [6, 6.07) is 73.9. The summed E-state index contributed by atoms with van der Waals surface area (Å²) in [5, 5.41) is 7.24. The lowest BCUT2D eigenvalue weighted by atomic mass is 9.95. The van der Waals surface area contributed by atoms with Crippen LogP contribution in [0.25, 0.3) is 82.5 Å². The van der Waals surface area contributed by atoms with Crippen LogP contribution in [-0.2, 0) is 0 Å². The van der Waals surface area contributed by atoms with Crippen molar-refractivity contribution in [2.24, 2.45) is 0 Å². The van der Waals surface area contributed by atoms with Gasteiger partial charge in [0.15, 0.2) is 0 Å². The van der Waals surface area contributed by atoms with Crippen LogP contribution in [0.3, 0.4) is 0 Å². The second-order valence-electron chi connectivity index (χ2n) is 14.1. The van der Waals surface area contributed by atoms with E-state index < -0.39 is 0 Å². The number of nitrogens with zero attached hydrogens (tertiary/aromatic N) is 2. The molecule has 0 saturated heterocycles. The van der Waals surface area contributed by atoms with Gasteiger partial charge in [0.2, 0.25) is 0 Å². The van der Waals surface area contributed by atoms with Crippen molar-refractivity contribution >= 4 is 71.6 Å². The molecular weight excluding hydrogens is 669 g/mol. The monoisotopic (exact) mass is 702 g/mol. The van der Waals surface area contributed by atoms with Crippen LogP contribution in [0.15, 0.2) is 211 Å². The van der Waals surface area contributed by atoms with E-state index in [2.05, 4.69) is 204 Å². The van der Waals surface area contributed by atoms with Crippen molar-refractivity contribution < 1.29 is 4.42 Å². The Kier molecular flexibility index (Phi) is 7.17. The molecule has 0 saturated carbocycles. The molecule has 55 heavy (non-hydrogen) atoms. The summed E-state index contributed by atoms with van der Waals surface area (Å²) in [6.45, 7) is 0. The molecule has 11 rings (SSSR count). The van der Waals surface area contributed by atoms with E-state index in [9.17, 15) is 0 Å². The highest BCUT2D eigenvalue weighted by molar-refractivity contribution is 6.23. The third-order valence-electron chi connectivity index (χ3n) is 11.0. The maximum Gasteiger partial charge on any atom is 0.135 e. The largest absolute Gasteiger partial charge is 0.456 e. The van der Waals surface area contributed by atoms with E-state index >= 15 is 0 Å². The Morgan fingerprint density at radius 3 is 1.85 bits per heavy atom. The summed E-state index contributed by atoms with van der Waals surface area (Å²) in [4.78, 5) is 2.37. The van der Waals surface area contributed by atoms with Gasteiger partial charge in [-0.25, -0.2) is 0 Å². The van der Waals surface area contributed by atoms with Crippen molar-refractivity contribution in [2.75, 3.05) is 4.90 Å². The van der Waals surface area contributed by atoms with Crippen molar-refractivity contribution in [1.29, 1.82) is 0 Å². The molecule has 0 radical (unpaired) electrons. The quantitative estimate of drug-likeness (QED) is 0.172. The normalized spacial score (nSPS) is 11.6. The Hall–Kier alpha value is -7.36. The van der Waals surface area contributed by atoms with Gasteiger partial charge in [0.25, 0.3) is 0 Å². The molecule has 0 aliphatic heterocycles. The second kappa shape index (κ2) is 12.6. The van der Waals surface area contributed by atoms with Crippen LogP contribution in [0.4, 0.5) is 17.1 Å². The van der Waals surface area contributed by atoms with Crippen molar-refractivity contribution in [3.05, 3.63) is 206 Å². The number of fused-ring (bicyclic) bond motifs is 8. The number of rotatable bonds is 6. The summed E-state index contributed by atoms with van der Waals surface area (Å²) in [6.07, 6.45) is 0. The second-order valence-corrected chi connectivity index (χ2v) is 14.1. The number of hydrogen-bond donors (Lipinski definition) is 0. The fraction of sp³-hybridized carbons (Fsp3) is 0. The van der Waals surface area contributed by atoms with Gasteiger partial charge in [-0.15, -0.1) is 0 Å². The summed E-state index contributed by atoms with van der Waals surface area (Å²) in [7, 11) is 0. The first-order valence-corrected chi connectivity index (χ1v) is 18.8. The van der Waals surface area contributed by atoms with E-state index in [4.69, 9.17) is 4.42 Å². The molecule has 2 aromatic heterocycles. The Balaban J connectivity index is 1.08. The molecule has 3 nitrogen and oxygen atoms in total. The fourth-order valence-corrected chi connectivity index (χ4v) is 8.53. The zero-order valence-electron chi connectivity index (χ0n) is 29.9. The van der Waals surface area contributed by atoms with Crippen LogP contribution in [0, 0.1) is 0 Å². The minimum absolute atomic E-state index is 0.883. The summed E-state index contributed by atoms with van der Waals surface area (Å²) >= 11 is 0. The molecule has 0 fully saturated rings. The molecule has 11 aromatic rings. The van der Waals surface area contributed by atoms with Crippen molar-refractivity contribution in [3.8, 4) is 27.9 Å². The first-order valence-electron chi connectivity index (χ1n) is 18.8. The fourth-order valence-electron chi connectivity index (χ4n) is 8.53. The topological polar surface area (TPSA) is 21.3 Å². The van der Waals surface area contributed by atoms with E-state index in [1.165, 1.54) is 55.0 Å². The molecule has 0 spiro atoms. The standard InChI is InChI=1S/C52H34N2O/c1-3-14-35(15-4-1)41-18-7-10-23-47(41)53(39-30-33-51-46(34-39)43-19-9-12-25-50(43)55-51)38-28-26-36(27-29-38)40-21-13-22-44-42(40)31-32-49-52(44)45-20-8-11-24-48(45)54(49)37-16-5-2-6-17-37/h1-34H. The molecule has 0 unspecified atom stereocenters. The Morgan fingerprint density at radius 1 is 0.364 bits per heavy atom. The van der Waals surface area contributed by atoms with Gasteiger partial charge in [-0.3, -0.25) is 0 Å². The van der Waals surface area contributed by atoms with Gasteiger partial charge >= 0.3 is 0 Å². The van der Waals surface area contributed by atoms with Gasteiger partial charge < -0.3 is 13.9 Å². The Bertz CT molecular complexity index is 3190. The van der Waals surface area contributed by atoms with E-state index in [1.807, 2.05) is 12.1 Å². The molecule has 0 aliphatic carbocycles. The molecule has 0 amide bonds. The lowest BCUT2D eigenvalue weighted by Gasteiger charge is -2.28. The first kappa shape index (κ1) is 31.2. The lowest BCUT2D eigenvalue weighted by molar-refractivity contribution is 0.669. The van der Waals surface area contributed by atoms with Gasteiger partial charge in [-0.05, 0) is 94.2 Å². The molecule has 258 valence electrons. The smallest absolute Gasteiger partial charge is 0.135 e. The molecule has 3 heteroatoms. The number of para-hydroxylation sites is 4. The first-order chi connectivity index (χ1) is 27.3. The van der Waals surface area contributed by atoms with Crippen LogP contribution >= 0.6 is 0 Å². The van der Waals surface area contributed by atoms with Gasteiger partial charge in [0, 0.05) is 44.2 Å². The average molecular weight is 703 g/mol. The van der Waals surface area contributed by atoms with Gasteiger partial charge in [-0.2, -0.15) is 0 Å². The number of anilines is 3. The van der Waals surface area contributed by atoms with Crippen molar-refractivity contribution in [2.45, 2.75) is 0 Å². The molecule has 9 aromatic carbocycles. The summed E-state index contributed by atoms with van der Waals surface area (Å²) in [5.41, 5.74) is 13.3. The maximum atomic E-state index is 6.25. The molecular formula is C52H34N2O. The SMILES string of the molecule is c1ccc(-c2ccccc2N(c2ccc(-c3cccc4c3ccc3c4c4ccccc4n3-c3ccccc3)cc2)c2ccc3oc4ccccc4c3c2)cc1. The van der Waals surface area contributed by atoms with E-state index in [1.54, 1.807) is 0 Å². The minimum atomic E-state index is 0.883. The van der Waals surface area contributed by atoms with Crippen LogP contribution in [-0.4, -0.2) is 4.57 Å². The van der Waals surface area contributed by atoms with Crippen LogP contribution in [0.1, 0.15) is 0 Å². The van der Waals surface area contributed by atoms with Gasteiger partial charge in [-0.1, -0.05) is 140 Å². The zero-order valence-corrected chi connectivity index (χ0v) is 29.9. The summed E-state index contributed by atoms with van der Waals surface area (Å²) in [5.74, 6) is 0. The predicted molar refractivity (Wildman–Crippen MR) is 231 cm³/mol. The van der Waals surface area contributed by atoms with Gasteiger partial charge in [0.05, 0.1) is 16.7 Å². The third-order valence-corrected chi connectivity index (χ3v) is 11.0. The number of furan rings is 1. The predicted octanol–water partition coefficient (Wildman–Crippen LogP) is 14.6. The molecule has 0 bridgehead atoms. The van der Waals surface area contributed by atoms with E-state index in [0.717, 1.165) is 44.6 Å². The van der Waals surface area contributed by atoms with E-state index in [0.29, 0.717) is 0 Å². The van der Waals surface area contributed by atoms with Crippen LogP contribution in [0.5, 0.6) is 0 Å². The van der Waals surface area contributed by atoms with Crippen molar-refractivity contribution in [1.82, 2.24) is 4.57 Å². The number of benzene rings is 9. The molecule has 0 atom stereocenters. The lowest BCUT2D eigenvalue weighted by Crippen LogP contribution is -2.11. The van der Waals surface area contributed by atoms with E-state index in [-0.39, 0.29) is 0 Å². The highest BCUT2D eigenvalue weighted by Crippen LogP contribution is 2.44. The van der Waals surface area contributed by atoms with Gasteiger partial charge in [0.1, 0.15) is 11.2 Å². The average Bonchev–Trinajstić information content (AvgIpc) is 3.80. The zero-order chi connectivity index (χ0) is 36.3. The Labute approximate surface area is 318 Å². The minimum Gasteiger partial charge on any atom is -0.456 e. The van der Waals surface area contributed by atoms with Crippen LogP contribution < -0.4 is 4.90 Å². The van der Waals surface area contributed by atoms with Crippen molar-refractivity contribution in [3.63, 3.8) is 0 Å². The number of aromatic nitrogens is 1. The highest BCUT2D eigenvalue weighted by Gasteiger charge is 2.20. The Morgan fingerprint density at radius 2 is 1.00 bits per heavy atom. The molecule has 0 aliphatic rings. The van der Waals surface area contributed by atoms with Crippen LogP contribution in [0.2, 0.25) is 0 Å².